The molecule has 0 aromatic rings. The highest BCUT2D eigenvalue weighted by atomic mass is 31.2. The zero-order chi connectivity index (χ0) is 53.5. The Labute approximate surface area is 451 Å². The van der Waals surface area contributed by atoms with Gasteiger partial charge in [-0.3, -0.25) is 9.36 Å². The monoisotopic (exact) mass is 1040 g/mol. The van der Waals surface area contributed by atoms with Gasteiger partial charge in [-0.2, -0.15) is 0 Å². The second-order valence-electron chi connectivity index (χ2n) is 21.3. The first-order valence-electron chi connectivity index (χ1n) is 30.1. The van der Waals surface area contributed by atoms with Crippen LogP contribution in [-0.2, 0) is 18.4 Å². The van der Waals surface area contributed by atoms with E-state index in [1.165, 1.54) is 122 Å². The van der Waals surface area contributed by atoms with Gasteiger partial charge < -0.3 is 28.8 Å². The van der Waals surface area contributed by atoms with Crippen molar-refractivity contribution in [2.24, 2.45) is 0 Å². The third kappa shape index (κ3) is 57.0. The fourth-order valence-electron chi connectivity index (χ4n) is 8.41. The van der Waals surface area contributed by atoms with E-state index >= 15 is 0 Å². The molecule has 0 fully saturated rings. The molecule has 3 unspecified atom stereocenters. The molecule has 3 atom stereocenters. The van der Waals surface area contributed by atoms with E-state index in [1.54, 1.807) is 0 Å². The van der Waals surface area contributed by atoms with Gasteiger partial charge >= 0.3 is 0 Å². The lowest BCUT2D eigenvalue weighted by atomic mass is 10.0. The molecule has 0 radical (unpaired) electrons. The minimum Gasteiger partial charge on any atom is -0.756 e. The van der Waals surface area contributed by atoms with Crippen LogP contribution in [0.25, 0.3) is 0 Å². The van der Waals surface area contributed by atoms with E-state index in [-0.39, 0.29) is 19.1 Å². The smallest absolute Gasteiger partial charge is 0.268 e. The molecule has 0 aliphatic carbocycles. The zero-order valence-electron chi connectivity index (χ0n) is 48.1. The Kier molecular flexibility index (Phi) is 52.3. The molecule has 2 N–H and O–H groups in total. The molecule has 0 saturated carbocycles. The van der Waals surface area contributed by atoms with Crippen molar-refractivity contribution in [1.29, 1.82) is 0 Å². The van der Waals surface area contributed by atoms with Crippen LogP contribution >= 0.6 is 7.82 Å². The van der Waals surface area contributed by atoms with Crippen LogP contribution in [0.15, 0.2) is 97.2 Å². The Balaban J connectivity index is 4.22. The van der Waals surface area contributed by atoms with E-state index in [1.807, 2.05) is 21.1 Å². The van der Waals surface area contributed by atoms with Gasteiger partial charge in [0.1, 0.15) is 13.2 Å². The molecular weight excluding hydrogens is 924 g/mol. The summed E-state index contributed by atoms with van der Waals surface area (Å²) in [6.45, 7) is 4.61. The van der Waals surface area contributed by atoms with Crippen LogP contribution in [0.1, 0.15) is 251 Å². The minimum atomic E-state index is -4.59. The van der Waals surface area contributed by atoms with Crippen molar-refractivity contribution in [3.05, 3.63) is 97.2 Å². The van der Waals surface area contributed by atoms with Crippen LogP contribution in [0.4, 0.5) is 0 Å². The Morgan fingerprint density at radius 1 is 0.493 bits per heavy atom. The Morgan fingerprint density at radius 2 is 0.836 bits per heavy atom. The first kappa shape index (κ1) is 70.4. The lowest BCUT2D eigenvalue weighted by Gasteiger charge is -2.30. The maximum absolute atomic E-state index is 13.0. The van der Waals surface area contributed by atoms with E-state index in [9.17, 15) is 19.4 Å². The third-order valence-electron chi connectivity index (χ3n) is 13.1. The molecule has 73 heavy (non-hydrogen) atoms. The van der Waals surface area contributed by atoms with Crippen molar-refractivity contribution in [1.82, 2.24) is 5.32 Å². The number of rotatable bonds is 54. The van der Waals surface area contributed by atoms with Crippen LogP contribution in [0, 0.1) is 0 Å². The molecule has 0 saturated heterocycles. The number of unbranched alkanes of at least 4 members (excludes halogenated alkanes) is 25. The first-order valence-corrected chi connectivity index (χ1v) is 31.5. The van der Waals surface area contributed by atoms with E-state index in [4.69, 9.17) is 9.05 Å². The van der Waals surface area contributed by atoms with Gasteiger partial charge in [0.15, 0.2) is 0 Å². The quantitative estimate of drug-likeness (QED) is 0.0272. The Hall–Kier alpha value is -2.58. The topological polar surface area (TPSA) is 108 Å². The summed E-state index contributed by atoms with van der Waals surface area (Å²) in [5.41, 5.74) is 0. The molecule has 0 aliphatic rings. The summed E-state index contributed by atoms with van der Waals surface area (Å²) in [4.78, 5) is 25.6. The highest BCUT2D eigenvalue weighted by molar-refractivity contribution is 7.45. The molecule has 0 aromatic carbocycles. The van der Waals surface area contributed by atoms with Crippen LogP contribution in [0.5, 0.6) is 0 Å². The van der Waals surface area contributed by atoms with Crippen LogP contribution < -0.4 is 10.2 Å². The number of allylic oxidation sites excluding steroid dienone is 16. The standard InChI is InChI=1S/C64H115N2O6P/c1-6-8-10-12-14-16-18-20-22-24-26-28-29-30-31-32-33-34-35-36-37-38-40-42-44-46-48-50-52-54-56-58-64(68)65-62(61-72-73(69,70)71-60-59-66(3,4)5)63(67)57-55-53-51-49-47-45-43-41-39-27-25-23-21-19-17-15-13-11-9-7-2/h8,10,14,16,20,22,26,28,30-31,33-34,36-37,40,42,62-63,67H,6-7,9,11-13,15,17-19,21,23-25,27,29,32,35,38-39,41,43-61H2,1-5H3,(H-,65,68,69,70)/b10-8-,16-14-,22-20-,28-26-,31-30-,34-33-,37-36-,42-40-. The molecule has 0 aliphatic heterocycles. The average molecular weight is 1040 g/mol. The van der Waals surface area contributed by atoms with Gasteiger partial charge in [-0.05, 0) is 77.0 Å². The van der Waals surface area contributed by atoms with Crippen molar-refractivity contribution < 1.29 is 32.9 Å². The molecule has 0 aromatic heterocycles. The number of hydrogen-bond donors (Lipinski definition) is 2. The number of phosphoric acid groups is 1. The van der Waals surface area contributed by atoms with Crippen LogP contribution in [0.2, 0.25) is 0 Å². The van der Waals surface area contributed by atoms with Crippen LogP contribution in [0.3, 0.4) is 0 Å². The zero-order valence-corrected chi connectivity index (χ0v) is 49.0. The van der Waals surface area contributed by atoms with E-state index in [0.717, 1.165) is 103 Å². The Bertz CT molecular complexity index is 1510. The average Bonchev–Trinajstić information content (AvgIpc) is 3.35. The SMILES string of the molecule is CC/C=C\C/C=C\C/C=C\C/C=C\C/C=C\C/C=C\C/C=C\C/C=C\CCCCCCCCC(=O)NC(COP(=O)([O-])OCC[N+](C)(C)C)C(O)CCCCCCCCCCCCCCCCCCCCCC. The number of quaternary nitrogens is 1. The fraction of sp³-hybridized carbons (Fsp3) is 0.734. The molecule has 1 amide bonds. The lowest BCUT2D eigenvalue weighted by Crippen LogP contribution is -2.46. The van der Waals surface area contributed by atoms with Gasteiger partial charge in [0.05, 0.1) is 39.9 Å². The third-order valence-corrected chi connectivity index (χ3v) is 14.1. The van der Waals surface area contributed by atoms with Gasteiger partial charge in [0.25, 0.3) is 7.82 Å². The number of likely N-dealkylation sites (N-methyl/N-ethyl adjacent to an activating group) is 1. The van der Waals surface area contributed by atoms with E-state index in [2.05, 4.69) is 116 Å². The van der Waals surface area contributed by atoms with Gasteiger partial charge in [-0.15, -0.1) is 0 Å². The molecule has 8 nitrogen and oxygen atoms in total. The number of carbonyl (C=O) groups excluding carboxylic acids is 1. The second kappa shape index (κ2) is 54.2. The van der Waals surface area contributed by atoms with Crippen molar-refractivity contribution >= 4 is 13.7 Å². The predicted molar refractivity (Wildman–Crippen MR) is 316 cm³/mol. The number of amides is 1. The number of nitrogens with one attached hydrogen (secondary N) is 1. The number of nitrogens with zero attached hydrogens (tertiary/aromatic N) is 1. The van der Waals surface area contributed by atoms with E-state index in [0.29, 0.717) is 23.9 Å². The molecule has 0 heterocycles. The molecular formula is C64H115N2O6P. The van der Waals surface area contributed by atoms with Gasteiger partial charge in [0.2, 0.25) is 5.91 Å². The fourth-order valence-corrected chi connectivity index (χ4v) is 9.13. The molecule has 422 valence electrons. The summed E-state index contributed by atoms with van der Waals surface area (Å²) in [7, 11) is 1.28. The highest BCUT2D eigenvalue weighted by Gasteiger charge is 2.24. The Morgan fingerprint density at radius 3 is 1.22 bits per heavy atom. The van der Waals surface area contributed by atoms with Crippen molar-refractivity contribution in [2.75, 3.05) is 40.9 Å². The normalized spacial score (nSPS) is 14.6. The highest BCUT2D eigenvalue weighted by Crippen LogP contribution is 2.38. The summed E-state index contributed by atoms with van der Waals surface area (Å²) in [5.74, 6) is -0.181. The molecule has 0 rings (SSSR count). The predicted octanol–water partition coefficient (Wildman–Crippen LogP) is 18.0. The van der Waals surface area contributed by atoms with Gasteiger partial charge in [-0.25, -0.2) is 0 Å². The molecule has 9 heteroatoms. The first-order chi connectivity index (χ1) is 35.5. The summed E-state index contributed by atoms with van der Waals surface area (Å²) >= 11 is 0. The van der Waals surface area contributed by atoms with Crippen molar-refractivity contribution in [2.45, 2.75) is 264 Å². The maximum atomic E-state index is 13.0. The number of phosphoric ester groups is 1. The summed E-state index contributed by atoms with van der Waals surface area (Å²) in [6, 6.07) is -0.816. The number of aliphatic hydroxyl groups is 1. The minimum absolute atomic E-state index is 0.00436. The lowest BCUT2D eigenvalue weighted by molar-refractivity contribution is -0.870. The second-order valence-corrected chi connectivity index (χ2v) is 22.7. The number of carbonyl (C=O) groups is 1. The largest absolute Gasteiger partial charge is 0.756 e. The maximum Gasteiger partial charge on any atom is 0.268 e. The van der Waals surface area contributed by atoms with Crippen molar-refractivity contribution in [3.63, 3.8) is 0 Å². The summed E-state index contributed by atoms with van der Waals surface area (Å²) in [6.07, 6.45) is 77.2. The van der Waals surface area contributed by atoms with Gasteiger partial charge in [0, 0.05) is 6.42 Å². The number of hydrogen-bond acceptors (Lipinski definition) is 6. The van der Waals surface area contributed by atoms with E-state index < -0.39 is 20.0 Å². The van der Waals surface area contributed by atoms with Crippen LogP contribution in [-0.4, -0.2) is 68.5 Å². The summed E-state index contributed by atoms with van der Waals surface area (Å²) < 4.78 is 23.4. The molecule has 0 bridgehead atoms. The van der Waals surface area contributed by atoms with Gasteiger partial charge in [-0.1, -0.05) is 265 Å². The number of aliphatic hydroxyl groups excluding tert-OH is 1. The summed E-state index contributed by atoms with van der Waals surface area (Å²) in [5, 5.41) is 14.0. The van der Waals surface area contributed by atoms with Crippen molar-refractivity contribution in [3.8, 4) is 0 Å². The molecule has 0 spiro atoms.